The third kappa shape index (κ3) is 4.51. The number of piperidine rings is 1. The number of carbonyl (C=O) groups excluding carboxylic acids is 1. The second-order valence-electron chi connectivity index (χ2n) is 8.77. The number of sulfonamides is 1. The Labute approximate surface area is 204 Å². The van der Waals surface area contributed by atoms with Crippen LogP contribution in [0.3, 0.4) is 0 Å². The molecule has 35 heavy (non-hydrogen) atoms. The lowest BCUT2D eigenvalue weighted by Gasteiger charge is -2.30. The largest absolute Gasteiger partial charge is 0.486 e. The molecule has 5 rings (SSSR count). The van der Waals surface area contributed by atoms with Crippen molar-refractivity contribution in [2.24, 2.45) is 5.92 Å². The summed E-state index contributed by atoms with van der Waals surface area (Å²) >= 11 is 0. The smallest absolute Gasteiger partial charge is 0.246 e. The number of nitrogens with one attached hydrogen (secondary N) is 1. The van der Waals surface area contributed by atoms with Gasteiger partial charge in [0.1, 0.15) is 18.1 Å². The lowest BCUT2D eigenvalue weighted by molar-refractivity contribution is -0.120. The molecular weight excluding hydrogens is 468 g/mol. The van der Waals surface area contributed by atoms with Gasteiger partial charge in [-0.25, -0.2) is 13.1 Å². The van der Waals surface area contributed by atoms with Gasteiger partial charge in [0.2, 0.25) is 15.9 Å². The summed E-state index contributed by atoms with van der Waals surface area (Å²) in [5.41, 5.74) is 2.48. The molecule has 3 heterocycles. The molecule has 10 heteroatoms. The van der Waals surface area contributed by atoms with E-state index in [1.807, 2.05) is 30.3 Å². The Morgan fingerprint density at radius 3 is 2.40 bits per heavy atom. The minimum Gasteiger partial charge on any atom is -0.486 e. The van der Waals surface area contributed by atoms with Gasteiger partial charge in [-0.1, -0.05) is 18.2 Å². The summed E-state index contributed by atoms with van der Waals surface area (Å²) in [7, 11) is -3.74. The molecule has 1 fully saturated rings. The van der Waals surface area contributed by atoms with E-state index in [4.69, 9.17) is 9.47 Å². The van der Waals surface area contributed by atoms with Crippen LogP contribution < -0.4 is 14.8 Å². The second-order valence-corrected chi connectivity index (χ2v) is 10.6. The molecule has 184 valence electrons. The third-order valence-corrected chi connectivity index (χ3v) is 8.61. The maximum atomic E-state index is 13.5. The number of amides is 1. The standard InChI is InChI=1S/C25H28N4O5S/c1-17-24(18(2)29(27-17)21-6-4-3-5-7-21)35(31,32)28-12-10-19(11-13-28)25(30)26-20-8-9-22-23(16-20)34-15-14-33-22/h3-9,16,19H,10-15H2,1-2H3,(H,26,30). The molecule has 1 amide bonds. The first-order chi connectivity index (χ1) is 16.8. The molecule has 2 aliphatic heterocycles. The van der Waals surface area contributed by atoms with Crippen LogP contribution in [0.4, 0.5) is 5.69 Å². The minimum atomic E-state index is -3.74. The van der Waals surface area contributed by atoms with E-state index in [0.717, 1.165) is 5.69 Å². The average Bonchev–Trinajstić information content (AvgIpc) is 3.19. The number of rotatable bonds is 5. The quantitative estimate of drug-likeness (QED) is 0.582. The Balaban J connectivity index is 1.26. The monoisotopic (exact) mass is 496 g/mol. The summed E-state index contributed by atoms with van der Waals surface area (Å²) in [6, 6.07) is 14.8. The normalized spacial score (nSPS) is 16.7. The summed E-state index contributed by atoms with van der Waals surface area (Å²) in [4.78, 5) is 13.1. The van der Waals surface area contributed by atoms with Crippen LogP contribution in [0.1, 0.15) is 24.2 Å². The van der Waals surface area contributed by atoms with Crippen molar-refractivity contribution < 1.29 is 22.7 Å². The number of benzene rings is 2. The molecule has 0 spiro atoms. The summed E-state index contributed by atoms with van der Waals surface area (Å²) in [5.74, 6) is 0.873. The molecule has 0 unspecified atom stereocenters. The molecule has 2 aromatic carbocycles. The number of nitrogens with zero attached hydrogens (tertiary/aromatic N) is 3. The Morgan fingerprint density at radius 1 is 1.00 bits per heavy atom. The lowest BCUT2D eigenvalue weighted by atomic mass is 9.97. The lowest BCUT2D eigenvalue weighted by Crippen LogP contribution is -2.41. The summed E-state index contributed by atoms with van der Waals surface area (Å²) in [6.45, 7) is 5.01. The Morgan fingerprint density at radius 2 is 1.69 bits per heavy atom. The number of fused-ring (bicyclic) bond motifs is 1. The first-order valence-corrected chi connectivity index (χ1v) is 13.1. The van der Waals surface area contributed by atoms with Crippen LogP contribution in [-0.4, -0.2) is 54.7 Å². The number of ether oxygens (including phenoxy) is 2. The molecule has 9 nitrogen and oxygen atoms in total. The molecule has 0 radical (unpaired) electrons. The van der Waals surface area contributed by atoms with Crippen LogP contribution in [0.25, 0.3) is 5.69 Å². The van der Waals surface area contributed by atoms with Crippen molar-refractivity contribution in [2.75, 3.05) is 31.6 Å². The Hall–Kier alpha value is -3.37. The van der Waals surface area contributed by atoms with Crippen molar-refractivity contribution in [1.82, 2.24) is 14.1 Å². The zero-order chi connectivity index (χ0) is 24.6. The molecule has 0 bridgehead atoms. The van der Waals surface area contributed by atoms with Crippen LogP contribution in [-0.2, 0) is 14.8 Å². The number of anilines is 1. The fraction of sp³-hybridized carbons (Fsp3) is 0.360. The van der Waals surface area contributed by atoms with Gasteiger partial charge in [0, 0.05) is 30.8 Å². The second kappa shape index (κ2) is 9.35. The maximum Gasteiger partial charge on any atom is 0.246 e. The minimum absolute atomic E-state index is 0.122. The molecule has 1 saturated heterocycles. The van der Waals surface area contributed by atoms with Crippen molar-refractivity contribution in [2.45, 2.75) is 31.6 Å². The summed E-state index contributed by atoms with van der Waals surface area (Å²) in [6.07, 6.45) is 0.890. The summed E-state index contributed by atoms with van der Waals surface area (Å²) in [5, 5.41) is 7.42. The molecule has 2 aliphatic rings. The molecular formula is C25H28N4O5S. The molecule has 0 saturated carbocycles. The van der Waals surface area contributed by atoms with Crippen LogP contribution >= 0.6 is 0 Å². The van der Waals surface area contributed by atoms with E-state index in [2.05, 4.69) is 10.4 Å². The Bertz CT molecular complexity index is 1350. The molecule has 3 aromatic rings. The highest BCUT2D eigenvalue weighted by Gasteiger charge is 2.35. The number of aromatic nitrogens is 2. The van der Waals surface area contributed by atoms with Gasteiger partial charge in [-0.15, -0.1) is 0 Å². The maximum absolute atomic E-state index is 13.5. The molecule has 1 N–H and O–H groups in total. The van der Waals surface area contributed by atoms with Crippen LogP contribution in [0.2, 0.25) is 0 Å². The Kier molecular flexibility index (Phi) is 6.24. The van der Waals surface area contributed by atoms with Gasteiger partial charge < -0.3 is 14.8 Å². The van der Waals surface area contributed by atoms with Crippen LogP contribution in [0.5, 0.6) is 11.5 Å². The van der Waals surface area contributed by atoms with Gasteiger partial charge in [0.05, 0.1) is 17.1 Å². The zero-order valence-corrected chi connectivity index (χ0v) is 20.5. The molecule has 0 aliphatic carbocycles. The van der Waals surface area contributed by atoms with E-state index in [-0.39, 0.29) is 29.8 Å². The van der Waals surface area contributed by atoms with Gasteiger partial charge in [-0.3, -0.25) is 4.79 Å². The van der Waals surface area contributed by atoms with E-state index >= 15 is 0 Å². The van der Waals surface area contributed by atoms with Gasteiger partial charge >= 0.3 is 0 Å². The highest BCUT2D eigenvalue weighted by atomic mass is 32.2. The molecule has 0 atom stereocenters. The van der Waals surface area contributed by atoms with Crippen molar-refractivity contribution in [3.8, 4) is 17.2 Å². The first-order valence-electron chi connectivity index (χ1n) is 11.7. The first kappa shape index (κ1) is 23.4. The van der Waals surface area contributed by atoms with Crippen molar-refractivity contribution in [3.63, 3.8) is 0 Å². The number of aryl methyl sites for hydroxylation is 1. The zero-order valence-electron chi connectivity index (χ0n) is 19.7. The average molecular weight is 497 g/mol. The van der Waals surface area contributed by atoms with E-state index in [9.17, 15) is 13.2 Å². The highest BCUT2D eigenvalue weighted by molar-refractivity contribution is 7.89. The van der Waals surface area contributed by atoms with Crippen molar-refractivity contribution in [3.05, 3.63) is 59.9 Å². The predicted molar refractivity (Wildman–Crippen MR) is 131 cm³/mol. The van der Waals surface area contributed by atoms with E-state index in [1.54, 1.807) is 36.7 Å². The number of hydrogen-bond donors (Lipinski definition) is 1. The van der Waals surface area contributed by atoms with E-state index < -0.39 is 10.0 Å². The van der Waals surface area contributed by atoms with E-state index in [1.165, 1.54) is 4.31 Å². The predicted octanol–water partition coefficient (Wildman–Crippen LogP) is 3.30. The topological polar surface area (TPSA) is 103 Å². The number of para-hydroxylation sites is 1. The fourth-order valence-corrected chi connectivity index (χ4v) is 6.50. The third-order valence-electron chi connectivity index (χ3n) is 6.46. The van der Waals surface area contributed by atoms with Gasteiger partial charge in [0.25, 0.3) is 0 Å². The van der Waals surface area contributed by atoms with Crippen molar-refractivity contribution in [1.29, 1.82) is 0 Å². The van der Waals surface area contributed by atoms with Gasteiger partial charge in [-0.2, -0.15) is 9.40 Å². The fourth-order valence-electron chi connectivity index (χ4n) is 4.68. The number of hydrogen-bond acceptors (Lipinski definition) is 6. The van der Waals surface area contributed by atoms with Gasteiger partial charge in [0.15, 0.2) is 11.5 Å². The highest BCUT2D eigenvalue weighted by Crippen LogP contribution is 2.33. The molecule has 1 aromatic heterocycles. The SMILES string of the molecule is Cc1nn(-c2ccccc2)c(C)c1S(=O)(=O)N1CCC(C(=O)Nc2ccc3c(c2)OCCO3)CC1. The van der Waals surface area contributed by atoms with Gasteiger partial charge in [-0.05, 0) is 51.0 Å². The summed E-state index contributed by atoms with van der Waals surface area (Å²) < 4.78 is 41.3. The van der Waals surface area contributed by atoms with Crippen molar-refractivity contribution >= 4 is 21.6 Å². The van der Waals surface area contributed by atoms with E-state index in [0.29, 0.717) is 54.6 Å². The van der Waals surface area contributed by atoms with Crippen LogP contribution in [0.15, 0.2) is 53.4 Å². The van der Waals surface area contributed by atoms with Crippen LogP contribution in [0, 0.1) is 19.8 Å². The number of carbonyl (C=O) groups is 1.